The number of anilines is 1. The maximum absolute atomic E-state index is 4.52. The molecular formula is C17H22N6. The molecule has 0 aliphatic carbocycles. The van der Waals surface area contributed by atoms with Gasteiger partial charge in [0.1, 0.15) is 18.0 Å². The first kappa shape index (κ1) is 14.5. The van der Waals surface area contributed by atoms with E-state index in [0.717, 1.165) is 50.1 Å². The Hall–Kier alpha value is -2.08. The molecular weight excluding hydrogens is 288 g/mol. The molecule has 23 heavy (non-hydrogen) atoms. The van der Waals surface area contributed by atoms with E-state index in [2.05, 4.69) is 43.6 Å². The molecule has 2 aliphatic rings. The summed E-state index contributed by atoms with van der Waals surface area (Å²) in [4.78, 5) is 22.4. The molecule has 4 rings (SSSR count). The van der Waals surface area contributed by atoms with Crippen LogP contribution < -0.4 is 4.90 Å². The van der Waals surface area contributed by atoms with Gasteiger partial charge in [-0.3, -0.25) is 4.90 Å². The van der Waals surface area contributed by atoms with Crippen LogP contribution in [0.4, 0.5) is 5.82 Å². The number of likely N-dealkylation sites (tertiary alicyclic amines) is 1. The Balaban J connectivity index is 1.41. The molecule has 120 valence electrons. The summed E-state index contributed by atoms with van der Waals surface area (Å²) in [6.07, 6.45) is 5.33. The van der Waals surface area contributed by atoms with Gasteiger partial charge in [-0.15, -0.1) is 0 Å². The van der Waals surface area contributed by atoms with Gasteiger partial charge in [-0.05, 0) is 31.7 Å². The van der Waals surface area contributed by atoms with Crippen LogP contribution in [0.3, 0.4) is 0 Å². The first-order valence-corrected chi connectivity index (χ1v) is 8.22. The Morgan fingerprint density at radius 3 is 2.35 bits per heavy atom. The normalized spacial score (nSPS) is 24.2. The van der Waals surface area contributed by atoms with Gasteiger partial charge in [0.15, 0.2) is 0 Å². The first-order chi connectivity index (χ1) is 11.2. The lowest BCUT2D eigenvalue weighted by molar-refractivity contribution is 0.301. The van der Waals surface area contributed by atoms with Gasteiger partial charge in [0.05, 0.1) is 6.54 Å². The molecule has 2 fully saturated rings. The van der Waals surface area contributed by atoms with E-state index in [0.29, 0.717) is 11.8 Å². The second kappa shape index (κ2) is 5.85. The van der Waals surface area contributed by atoms with Crippen LogP contribution in [0.25, 0.3) is 0 Å². The highest BCUT2D eigenvalue weighted by molar-refractivity contribution is 5.48. The fraction of sp³-hybridized carbons (Fsp3) is 0.529. The summed E-state index contributed by atoms with van der Waals surface area (Å²) < 4.78 is 0. The molecule has 6 heteroatoms. The third kappa shape index (κ3) is 2.79. The predicted molar refractivity (Wildman–Crippen MR) is 88.0 cm³/mol. The van der Waals surface area contributed by atoms with E-state index < -0.39 is 0 Å². The largest absolute Gasteiger partial charge is 0.356 e. The molecule has 0 aromatic carbocycles. The van der Waals surface area contributed by atoms with E-state index in [4.69, 9.17) is 0 Å². The van der Waals surface area contributed by atoms with Crippen LogP contribution in [0, 0.1) is 25.7 Å². The standard InChI is InChI=1S/C17H22N6/c1-12-13(2)20-11-21-17(12)23-8-14-6-22(7-15(14)9-23)10-16-18-4-3-5-19-16/h3-5,11,14-15H,6-10H2,1-2H3. The summed E-state index contributed by atoms with van der Waals surface area (Å²) >= 11 is 0. The second-order valence-electron chi connectivity index (χ2n) is 6.69. The van der Waals surface area contributed by atoms with Gasteiger partial charge in [0, 0.05) is 49.8 Å². The van der Waals surface area contributed by atoms with Gasteiger partial charge in [0.2, 0.25) is 0 Å². The van der Waals surface area contributed by atoms with Crippen molar-refractivity contribution < 1.29 is 0 Å². The molecule has 2 saturated heterocycles. The van der Waals surface area contributed by atoms with Crippen molar-refractivity contribution in [3.05, 3.63) is 41.9 Å². The quantitative estimate of drug-likeness (QED) is 0.855. The molecule has 2 unspecified atom stereocenters. The van der Waals surface area contributed by atoms with Crippen LogP contribution in [0.15, 0.2) is 24.8 Å². The number of fused-ring (bicyclic) bond motifs is 1. The second-order valence-corrected chi connectivity index (χ2v) is 6.69. The van der Waals surface area contributed by atoms with Crippen LogP contribution in [-0.2, 0) is 6.54 Å². The van der Waals surface area contributed by atoms with Crippen molar-refractivity contribution in [2.75, 3.05) is 31.1 Å². The SMILES string of the molecule is Cc1ncnc(N2CC3CN(Cc4ncccn4)CC3C2)c1C. The van der Waals surface area contributed by atoms with Crippen LogP contribution in [0.1, 0.15) is 17.1 Å². The molecule has 0 spiro atoms. The van der Waals surface area contributed by atoms with Gasteiger partial charge >= 0.3 is 0 Å². The van der Waals surface area contributed by atoms with E-state index in [1.165, 1.54) is 5.56 Å². The Labute approximate surface area is 136 Å². The molecule has 2 atom stereocenters. The summed E-state index contributed by atoms with van der Waals surface area (Å²) in [7, 11) is 0. The van der Waals surface area contributed by atoms with E-state index >= 15 is 0 Å². The molecule has 0 saturated carbocycles. The number of aromatic nitrogens is 4. The van der Waals surface area contributed by atoms with E-state index in [1.807, 2.05) is 18.5 Å². The topological polar surface area (TPSA) is 58.0 Å². The molecule has 0 radical (unpaired) electrons. The lowest BCUT2D eigenvalue weighted by atomic mass is 10.0. The highest BCUT2D eigenvalue weighted by atomic mass is 15.3. The highest BCUT2D eigenvalue weighted by Crippen LogP contribution is 2.34. The third-order valence-corrected chi connectivity index (χ3v) is 5.16. The van der Waals surface area contributed by atoms with Gasteiger partial charge < -0.3 is 4.90 Å². The van der Waals surface area contributed by atoms with Crippen molar-refractivity contribution in [1.29, 1.82) is 0 Å². The van der Waals surface area contributed by atoms with Crippen molar-refractivity contribution in [2.24, 2.45) is 11.8 Å². The fourth-order valence-corrected chi connectivity index (χ4v) is 3.85. The summed E-state index contributed by atoms with van der Waals surface area (Å²) in [6.45, 7) is 9.48. The molecule has 6 nitrogen and oxygen atoms in total. The monoisotopic (exact) mass is 310 g/mol. The maximum atomic E-state index is 4.52. The number of aryl methyl sites for hydroxylation is 1. The number of nitrogens with zero attached hydrogens (tertiary/aromatic N) is 6. The Bertz CT molecular complexity index is 675. The predicted octanol–water partition coefficient (Wildman–Crippen LogP) is 1.45. The van der Waals surface area contributed by atoms with Crippen molar-refractivity contribution in [2.45, 2.75) is 20.4 Å². The fourth-order valence-electron chi connectivity index (χ4n) is 3.85. The minimum Gasteiger partial charge on any atom is -0.356 e. The van der Waals surface area contributed by atoms with Crippen LogP contribution in [0.2, 0.25) is 0 Å². The lowest BCUT2D eigenvalue weighted by Gasteiger charge is -2.23. The van der Waals surface area contributed by atoms with Gasteiger partial charge in [-0.2, -0.15) is 0 Å². The Kier molecular flexibility index (Phi) is 3.69. The zero-order valence-electron chi connectivity index (χ0n) is 13.7. The minimum absolute atomic E-state index is 0.716. The molecule has 2 aromatic heterocycles. The summed E-state index contributed by atoms with van der Waals surface area (Å²) in [5.41, 5.74) is 2.29. The number of hydrogen-bond donors (Lipinski definition) is 0. The van der Waals surface area contributed by atoms with E-state index in [-0.39, 0.29) is 0 Å². The van der Waals surface area contributed by atoms with Gasteiger partial charge in [-0.1, -0.05) is 0 Å². The Morgan fingerprint density at radius 1 is 0.957 bits per heavy atom. The van der Waals surface area contributed by atoms with Crippen LogP contribution in [0.5, 0.6) is 0 Å². The van der Waals surface area contributed by atoms with Crippen molar-refractivity contribution in [3.8, 4) is 0 Å². The summed E-state index contributed by atoms with van der Waals surface area (Å²) in [5.74, 6) is 3.47. The van der Waals surface area contributed by atoms with E-state index in [9.17, 15) is 0 Å². The smallest absolute Gasteiger partial charge is 0.142 e. The molecule has 0 amide bonds. The third-order valence-electron chi connectivity index (χ3n) is 5.16. The van der Waals surface area contributed by atoms with E-state index in [1.54, 1.807) is 6.33 Å². The zero-order chi connectivity index (χ0) is 15.8. The van der Waals surface area contributed by atoms with Crippen molar-refractivity contribution in [1.82, 2.24) is 24.8 Å². The van der Waals surface area contributed by atoms with Crippen LogP contribution in [-0.4, -0.2) is 51.0 Å². The molecule has 2 aromatic rings. The van der Waals surface area contributed by atoms with Gasteiger partial charge in [-0.25, -0.2) is 19.9 Å². The average molecular weight is 310 g/mol. The molecule has 4 heterocycles. The highest BCUT2D eigenvalue weighted by Gasteiger charge is 2.40. The first-order valence-electron chi connectivity index (χ1n) is 8.22. The minimum atomic E-state index is 0.716. The zero-order valence-corrected chi connectivity index (χ0v) is 13.7. The Morgan fingerprint density at radius 2 is 1.65 bits per heavy atom. The van der Waals surface area contributed by atoms with Crippen molar-refractivity contribution >= 4 is 5.82 Å². The average Bonchev–Trinajstić information content (AvgIpc) is 3.09. The lowest BCUT2D eigenvalue weighted by Crippen LogP contribution is -2.30. The summed E-state index contributed by atoms with van der Waals surface area (Å²) in [6, 6.07) is 1.87. The number of rotatable bonds is 3. The number of hydrogen-bond acceptors (Lipinski definition) is 6. The maximum Gasteiger partial charge on any atom is 0.142 e. The molecule has 2 aliphatic heterocycles. The molecule has 0 bridgehead atoms. The van der Waals surface area contributed by atoms with Crippen LogP contribution >= 0.6 is 0 Å². The van der Waals surface area contributed by atoms with Gasteiger partial charge in [0.25, 0.3) is 0 Å². The van der Waals surface area contributed by atoms with Crippen molar-refractivity contribution in [3.63, 3.8) is 0 Å². The molecule has 0 N–H and O–H groups in total. The summed E-state index contributed by atoms with van der Waals surface area (Å²) in [5, 5.41) is 0.